The van der Waals surface area contributed by atoms with Crippen LogP contribution in [0.4, 0.5) is 11.4 Å². The summed E-state index contributed by atoms with van der Waals surface area (Å²) < 4.78 is 0. The van der Waals surface area contributed by atoms with Crippen LogP contribution in [0, 0.1) is 11.8 Å². The molecule has 4 aliphatic rings. The fourth-order valence-electron chi connectivity index (χ4n) is 6.52. The molecule has 0 aromatic heterocycles. The van der Waals surface area contributed by atoms with E-state index in [2.05, 4.69) is 4.90 Å². The van der Waals surface area contributed by atoms with Gasteiger partial charge in [0, 0.05) is 23.8 Å². The molecule has 4 unspecified atom stereocenters. The predicted molar refractivity (Wildman–Crippen MR) is 117 cm³/mol. The molecule has 4 atom stereocenters. The number of amides is 3. The van der Waals surface area contributed by atoms with E-state index in [1.54, 1.807) is 29.2 Å². The van der Waals surface area contributed by atoms with Crippen molar-refractivity contribution in [3.05, 3.63) is 59.1 Å². The van der Waals surface area contributed by atoms with Gasteiger partial charge in [-0.05, 0) is 44.5 Å². The normalized spacial score (nSPS) is 31.7. The number of hydrogen-bond acceptors (Lipinski definition) is 4. The highest BCUT2D eigenvalue weighted by Gasteiger charge is 2.75. The zero-order valence-electron chi connectivity index (χ0n) is 17.1. The van der Waals surface area contributed by atoms with Gasteiger partial charge >= 0.3 is 0 Å². The molecule has 0 N–H and O–H groups in total. The molecule has 0 bridgehead atoms. The lowest BCUT2D eigenvalue weighted by atomic mass is 9.75. The molecule has 7 heteroatoms. The minimum absolute atomic E-state index is 0.0854. The lowest BCUT2D eigenvalue weighted by Crippen LogP contribution is -2.56. The number of benzene rings is 2. The molecule has 4 aliphatic heterocycles. The van der Waals surface area contributed by atoms with E-state index in [9.17, 15) is 14.4 Å². The summed E-state index contributed by atoms with van der Waals surface area (Å²) in [5, 5.41) is 0.356. The van der Waals surface area contributed by atoms with Crippen molar-refractivity contribution in [3.8, 4) is 0 Å². The van der Waals surface area contributed by atoms with Crippen molar-refractivity contribution in [1.82, 2.24) is 4.90 Å². The van der Waals surface area contributed by atoms with Crippen LogP contribution in [0.5, 0.6) is 0 Å². The van der Waals surface area contributed by atoms with Crippen LogP contribution in [-0.2, 0) is 19.9 Å². The fourth-order valence-corrected chi connectivity index (χ4v) is 6.75. The van der Waals surface area contributed by atoms with Gasteiger partial charge in [0.2, 0.25) is 11.8 Å². The van der Waals surface area contributed by atoms with Gasteiger partial charge in [-0.3, -0.25) is 19.3 Å². The highest BCUT2D eigenvalue weighted by molar-refractivity contribution is 6.36. The van der Waals surface area contributed by atoms with Crippen molar-refractivity contribution in [2.45, 2.75) is 31.3 Å². The Bertz CT molecular complexity index is 1150. The Morgan fingerprint density at radius 3 is 2.45 bits per heavy atom. The topological polar surface area (TPSA) is 60.9 Å². The molecule has 3 saturated heterocycles. The van der Waals surface area contributed by atoms with E-state index < -0.39 is 17.4 Å². The zero-order chi connectivity index (χ0) is 21.5. The molecule has 3 fully saturated rings. The number of hydrogen-bond donors (Lipinski definition) is 0. The number of fused-ring (bicyclic) bond motifs is 7. The summed E-state index contributed by atoms with van der Waals surface area (Å²) in [6.45, 7) is 3.17. The Hall–Kier alpha value is -2.70. The Kier molecular flexibility index (Phi) is 3.93. The zero-order valence-corrected chi connectivity index (χ0v) is 17.9. The Balaban J connectivity index is 1.59. The van der Waals surface area contributed by atoms with Crippen LogP contribution in [0.1, 0.15) is 25.3 Å². The monoisotopic (exact) mass is 435 g/mol. The van der Waals surface area contributed by atoms with Gasteiger partial charge in [-0.2, -0.15) is 0 Å². The smallest absolute Gasteiger partial charge is 0.253 e. The summed E-state index contributed by atoms with van der Waals surface area (Å²) in [7, 11) is 0. The number of rotatable bonds is 2. The van der Waals surface area contributed by atoms with Crippen LogP contribution in [0.15, 0.2) is 48.5 Å². The van der Waals surface area contributed by atoms with Crippen LogP contribution in [0.3, 0.4) is 0 Å². The largest absolute Gasteiger partial charge is 0.310 e. The third-order valence-electron chi connectivity index (χ3n) is 7.55. The minimum atomic E-state index is -1.12. The molecule has 3 amide bonds. The first kappa shape index (κ1) is 19.0. The van der Waals surface area contributed by atoms with Crippen LogP contribution in [-0.4, -0.2) is 41.8 Å². The maximum atomic E-state index is 14.0. The standard InChI is InChI=1S/C24H22ClN3O3/c1-2-26-16-10-5-3-8-14(16)24(23(26)31)20-19(18-12-7-13-27(18)24)21(29)28(22(20)30)17-11-6-4-9-15(17)25/h3-6,8-11,18-20H,2,7,12-13H2,1H3. The van der Waals surface area contributed by atoms with Crippen molar-refractivity contribution < 1.29 is 14.4 Å². The second-order valence-electron chi connectivity index (χ2n) is 8.70. The lowest BCUT2D eigenvalue weighted by Gasteiger charge is -2.37. The van der Waals surface area contributed by atoms with Gasteiger partial charge in [0.05, 0.1) is 22.5 Å². The highest BCUT2D eigenvalue weighted by atomic mass is 35.5. The molecule has 2 aromatic carbocycles. The van der Waals surface area contributed by atoms with Crippen molar-refractivity contribution in [3.63, 3.8) is 0 Å². The quantitative estimate of drug-likeness (QED) is 0.680. The van der Waals surface area contributed by atoms with Gasteiger partial charge in [-0.25, -0.2) is 4.90 Å². The van der Waals surface area contributed by atoms with E-state index >= 15 is 0 Å². The van der Waals surface area contributed by atoms with Crippen LogP contribution >= 0.6 is 11.6 Å². The maximum Gasteiger partial charge on any atom is 0.253 e. The average Bonchev–Trinajstić information content (AvgIpc) is 3.47. The summed E-state index contributed by atoms with van der Waals surface area (Å²) in [6.07, 6.45) is 1.71. The van der Waals surface area contributed by atoms with Gasteiger partial charge < -0.3 is 4.90 Å². The third kappa shape index (κ3) is 2.10. The van der Waals surface area contributed by atoms with Crippen molar-refractivity contribution in [1.29, 1.82) is 0 Å². The number of para-hydroxylation sites is 2. The molecule has 158 valence electrons. The minimum Gasteiger partial charge on any atom is -0.310 e. The lowest BCUT2D eigenvalue weighted by molar-refractivity contribution is -0.137. The van der Waals surface area contributed by atoms with Gasteiger partial charge in [0.15, 0.2) is 0 Å². The Morgan fingerprint density at radius 2 is 1.71 bits per heavy atom. The molecule has 0 aliphatic carbocycles. The van der Waals surface area contributed by atoms with Crippen molar-refractivity contribution in [2.24, 2.45) is 11.8 Å². The highest BCUT2D eigenvalue weighted by Crippen LogP contribution is 2.62. The number of carbonyl (C=O) groups is 3. The third-order valence-corrected chi connectivity index (χ3v) is 7.87. The summed E-state index contributed by atoms with van der Waals surface area (Å²) in [5.74, 6) is -1.93. The second-order valence-corrected chi connectivity index (χ2v) is 9.11. The van der Waals surface area contributed by atoms with Gasteiger partial charge in [-0.1, -0.05) is 41.9 Å². The first-order valence-electron chi connectivity index (χ1n) is 10.8. The average molecular weight is 436 g/mol. The van der Waals surface area contributed by atoms with E-state index in [0.717, 1.165) is 24.1 Å². The van der Waals surface area contributed by atoms with Crippen LogP contribution < -0.4 is 9.80 Å². The number of anilines is 2. The first-order valence-corrected chi connectivity index (χ1v) is 11.2. The van der Waals surface area contributed by atoms with E-state index in [-0.39, 0.29) is 23.8 Å². The summed E-state index contributed by atoms with van der Waals surface area (Å²) in [6, 6.07) is 14.5. The number of imide groups is 1. The van der Waals surface area contributed by atoms with E-state index in [1.807, 2.05) is 31.2 Å². The van der Waals surface area contributed by atoms with Crippen molar-refractivity contribution in [2.75, 3.05) is 22.9 Å². The van der Waals surface area contributed by atoms with Crippen LogP contribution in [0.25, 0.3) is 0 Å². The summed E-state index contributed by atoms with van der Waals surface area (Å²) in [4.78, 5) is 46.8. The molecule has 6 nitrogen and oxygen atoms in total. The predicted octanol–water partition coefficient (Wildman–Crippen LogP) is 3.19. The molecule has 0 saturated carbocycles. The van der Waals surface area contributed by atoms with E-state index in [4.69, 9.17) is 11.6 Å². The number of likely N-dealkylation sites (N-methyl/N-ethyl adjacent to an activating group) is 1. The molecular formula is C24H22ClN3O3. The summed E-state index contributed by atoms with van der Waals surface area (Å²) >= 11 is 6.38. The molecule has 1 spiro atoms. The van der Waals surface area contributed by atoms with E-state index in [1.165, 1.54) is 4.90 Å². The Morgan fingerprint density at radius 1 is 1.00 bits per heavy atom. The molecule has 6 rings (SSSR count). The molecular weight excluding hydrogens is 414 g/mol. The van der Waals surface area contributed by atoms with E-state index in [0.29, 0.717) is 23.8 Å². The Labute approximate surface area is 185 Å². The SMILES string of the molecule is CCN1C(=O)C2(c3ccccc31)C1C(=O)N(c3ccccc3Cl)C(=O)C1C1CCCN12. The molecule has 4 heterocycles. The second kappa shape index (κ2) is 6.40. The van der Waals surface area contributed by atoms with Gasteiger partial charge in [0.25, 0.3) is 5.91 Å². The number of nitrogens with zero attached hydrogens (tertiary/aromatic N) is 3. The maximum absolute atomic E-state index is 14.0. The molecule has 31 heavy (non-hydrogen) atoms. The fraction of sp³-hybridized carbons (Fsp3) is 0.375. The van der Waals surface area contributed by atoms with Gasteiger partial charge in [-0.15, -0.1) is 0 Å². The molecule has 0 radical (unpaired) electrons. The van der Waals surface area contributed by atoms with Crippen LogP contribution in [0.2, 0.25) is 5.02 Å². The molecule has 2 aromatic rings. The number of carbonyl (C=O) groups excluding carboxylic acids is 3. The summed E-state index contributed by atoms with van der Waals surface area (Å²) in [5.41, 5.74) is 0.974. The first-order chi connectivity index (χ1) is 15.0. The number of halogens is 1. The van der Waals surface area contributed by atoms with Crippen molar-refractivity contribution >= 4 is 40.7 Å². The van der Waals surface area contributed by atoms with Gasteiger partial charge in [0.1, 0.15) is 5.54 Å².